The standard InChI is InChI=1S/C13H24N4O/c1-5-7-14-12-11(6-2)13(16-10-15-12)18-9-8-17(3)4/h10H,5-9H2,1-4H3,(H,14,15,16). The molecular weight excluding hydrogens is 228 g/mol. The largest absolute Gasteiger partial charge is 0.476 e. The van der Waals surface area contributed by atoms with Gasteiger partial charge in [-0.2, -0.15) is 0 Å². The zero-order valence-corrected chi connectivity index (χ0v) is 11.9. The van der Waals surface area contributed by atoms with Crippen LogP contribution in [0.5, 0.6) is 5.88 Å². The van der Waals surface area contributed by atoms with Crippen molar-refractivity contribution in [2.24, 2.45) is 0 Å². The molecule has 0 aliphatic rings. The van der Waals surface area contributed by atoms with Gasteiger partial charge in [0.1, 0.15) is 18.8 Å². The average molecular weight is 252 g/mol. The number of ether oxygens (including phenoxy) is 1. The van der Waals surface area contributed by atoms with Gasteiger partial charge in [-0.3, -0.25) is 0 Å². The van der Waals surface area contributed by atoms with E-state index in [0.29, 0.717) is 12.5 Å². The van der Waals surface area contributed by atoms with Crippen molar-refractivity contribution in [1.82, 2.24) is 14.9 Å². The molecule has 0 unspecified atom stereocenters. The minimum Gasteiger partial charge on any atom is -0.476 e. The maximum absolute atomic E-state index is 5.73. The van der Waals surface area contributed by atoms with E-state index in [1.54, 1.807) is 6.33 Å². The number of hydrogen-bond donors (Lipinski definition) is 1. The SMILES string of the molecule is CCCNc1ncnc(OCCN(C)C)c1CC. The fraction of sp³-hybridized carbons (Fsp3) is 0.692. The number of hydrogen-bond acceptors (Lipinski definition) is 5. The summed E-state index contributed by atoms with van der Waals surface area (Å²) >= 11 is 0. The van der Waals surface area contributed by atoms with Gasteiger partial charge < -0.3 is 15.0 Å². The van der Waals surface area contributed by atoms with Gasteiger partial charge >= 0.3 is 0 Å². The topological polar surface area (TPSA) is 50.3 Å². The van der Waals surface area contributed by atoms with E-state index in [9.17, 15) is 0 Å². The first kappa shape index (κ1) is 14.7. The Morgan fingerprint density at radius 3 is 2.67 bits per heavy atom. The summed E-state index contributed by atoms with van der Waals surface area (Å²) in [6.07, 6.45) is 3.50. The summed E-state index contributed by atoms with van der Waals surface area (Å²) in [5, 5.41) is 3.31. The van der Waals surface area contributed by atoms with Crippen molar-refractivity contribution in [2.75, 3.05) is 39.1 Å². The van der Waals surface area contributed by atoms with Crippen molar-refractivity contribution in [2.45, 2.75) is 26.7 Å². The molecule has 1 heterocycles. The monoisotopic (exact) mass is 252 g/mol. The molecular formula is C13H24N4O. The van der Waals surface area contributed by atoms with Crippen LogP contribution in [0.25, 0.3) is 0 Å². The summed E-state index contributed by atoms with van der Waals surface area (Å²) in [6.45, 7) is 6.67. The van der Waals surface area contributed by atoms with E-state index >= 15 is 0 Å². The van der Waals surface area contributed by atoms with Gasteiger partial charge in [0.25, 0.3) is 0 Å². The highest BCUT2D eigenvalue weighted by Gasteiger charge is 2.10. The molecule has 0 aromatic carbocycles. The van der Waals surface area contributed by atoms with Crippen LogP contribution < -0.4 is 10.1 Å². The lowest BCUT2D eigenvalue weighted by Crippen LogP contribution is -2.20. The lowest BCUT2D eigenvalue weighted by molar-refractivity contribution is 0.251. The van der Waals surface area contributed by atoms with E-state index in [1.165, 1.54) is 0 Å². The van der Waals surface area contributed by atoms with E-state index in [0.717, 1.165) is 37.3 Å². The second-order valence-electron chi connectivity index (χ2n) is 4.44. The Morgan fingerprint density at radius 2 is 2.06 bits per heavy atom. The molecule has 0 spiro atoms. The number of nitrogens with zero attached hydrogens (tertiary/aromatic N) is 3. The van der Waals surface area contributed by atoms with E-state index in [1.807, 2.05) is 14.1 Å². The highest BCUT2D eigenvalue weighted by atomic mass is 16.5. The van der Waals surface area contributed by atoms with Crippen LogP contribution in [0.15, 0.2) is 6.33 Å². The van der Waals surface area contributed by atoms with Gasteiger partial charge in [0, 0.05) is 13.1 Å². The molecule has 5 nitrogen and oxygen atoms in total. The zero-order chi connectivity index (χ0) is 13.4. The molecule has 0 radical (unpaired) electrons. The summed E-state index contributed by atoms with van der Waals surface area (Å²) in [5.74, 6) is 1.60. The lowest BCUT2D eigenvalue weighted by atomic mass is 10.2. The highest BCUT2D eigenvalue weighted by molar-refractivity contribution is 5.48. The minimum absolute atomic E-state index is 0.643. The predicted molar refractivity (Wildman–Crippen MR) is 74.2 cm³/mol. The highest BCUT2D eigenvalue weighted by Crippen LogP contribution is 2.22. The smallest absolute Gasteiger partial charge is 0.221 e. The maximum atomic E-state index is 5.73. The van der Waals surface area contributed by atoms with E-state index in [2.05, 4.69) is 34.0 Å². The molecule has 0 fully saturated rings. The fourth-order valence-corrected chi connectivity index (χ4v) is 1.56. The van der Waals surface area contributed by atoms with Crippen molar-refractivity contribution in [3.05, 3.63) is 11.9 Å². The van der Waals surface area contributed by atoms with Crippen LogP contribution in [-0.4, -0.2) is 48.7 Å². The second kappa shape index (κ2) is 7.87. The summed E-state index contributed by atoms with van der Waals surface area (Å²) in [6, 6.07) is 0. The fourth-order valence-electron chi connectivity index (χ4n) is 1.56. The molecule has 1 N–H and O–H groups in total. The Labute approximate surface area is 110 Å². The van der Waals surface area contributed by atoms with Crippen LogP contribution in [0.4, 0.5) is 5.82 Å². The van der Waals surface area contributed by atoms with Crippen LogP contribution in [0.1, 0.15) is 25.8 Å². The molecule has 18 heavy (non-hydrogen) atoms. The molecule has 0 aliphatic heterocycles. The first-order valence-electron chi connectivity index (χ1n) is 6.54. The molecule has 0 atom stereocenters. The van der Waals surface area contributed by atoms with Gasteiger partial charge in [0.15, 0.2) is 0 Å². The first-order valence-corrected chi connectivity index (χ1v) is 6.54. The molecule has 1 rings (SSSR count). The average Bonchev–Trinajstić information content (AvgIpc) is 2.36. The molecule has 1 aromatic rings. The van der Waals surface area contributed by atoms with Crippen LogP contribution in [0, 0.1) is 0 Å². The minimum atomic E-state index is 0.643. The predicted octanol–water partition coefficient (Wildman–Crippen LogP) is 1.80. The molecule has 0 aliphatic carbocycles. The van der Waals surface area contributed by atoms with Crippen molar-refractivity contribution in [3.8, 4) is 5.88 Å². The Morgan fingerprint density at radius 1 is 1.28 bits per heavy atom. The third kappa shape index (κ3) is 4.49. The van der Waals surface area contributed by atoms with Crippen LogP contribution in [0.3, 0.4) is 0 Å². The van der Waals surface area contributed by atoms with E-state index in [4.69, 9.17) is 4.74 Å². The maximum Gasteiger partial charge on any atom is 0.221 e. The van der Waals surface area contributed by atoms with Gasteiger partial charge in [0.2, 0.25) is 5.88 Å². The molecule has 1 aromatic heterocycles. The van der Waals surface area contributed by atoms with Gasteiger partial charge in [-0.1, -0.05) is 13.8 Å². The summed E-state index contributed by atoms with van der Waals surface area (Å²) in [4.78, 5) is 10.6. The van der Waals surface area contributed by atoms with Crippen molar-refractivity contribution >= 4 is 5.82 Å². The summed E-state index contributed by atoms with van der Waals surface area (Å²) in [5.41, 5.74) is 1.06. The number of nitrogens with one attached hydrogen (secondary N) is 1. The van der Waals surface area contributed by atoms with Crippen molar-refractivity contribution in [3.63, 3.8) is 0 Å². The molecule has 5 heteroatoms. The first-order chi connectivity index (χ1) is 8.69. The van der Waals surface area contributed by atoms with Crippen LogP contribution >= 0.6 is 0 Å². The summed E-state index contributed by atoms with van der Waals surface area (Å²) < 4.78 is 5.73. The van der Waals surface area contributed by atoms with Crippen molar-refractivity contribution in [1.29, 1.82) is 0 Å². The molecule has 0 amide bonds. The van der Waals surface area contributed by atoms with Gasteiger partial charge in [0.05, 0.1) is 5.56 Å². The van der Waals surface area contributed by atoms with Crippen LogP contribution in [-0.2, 0) is 6.42 Å². The molecule has 0 saturated heterocycles. The zero-order valence-electron chi connectivity index (χ0n) is 11.9. The number of anilines is 1. The van der Waals surface area contributed by atoms with E-state index in [-0.39, 0.29) is 0 Å². The Kier molecular flexibility index (Phi) is 6.43. The van der Waals surface area contributed by atoms with Gasteiger partial charge in [-0.05, 0) is 26.9 Å². The van der Waals surface area contributed by atoms with Gasteiger partial charge in [-0.25, -0.2) is 9.97 Å². The number of aromatic nitrogens is 2. The Bertz CT molecular complexity index is 355. The second-order valence-corrected chi connectivity index (χ2v) is 4.44. The Hall–Kier alpha value is -1.36. The lowest BCUT2D eigenvalue weighted by Gasteiger charge is -2.15. The summed E-state index contributed by atoms with van der Waals surface area (Å²) in [7, 11) is 4.05. The molecule has 0 bridgehead atoms. The molecule has 0 saturated carbocycles. The number of likely N-dealkylation sites (N-methyl/N-ethyl adjacent to an activating group) is 1. The number of rotatable bonds is 8. The van der Waals surface area contributed by atoms with Gasteiger partial charge in [-0.15, -0.1) is 0 Å². The Balaban J connectivity index is 2.71. The van der Waals surface area contributed by atoms with Crippen LogP contribution in [0.2, 0.25) is 0 Å². The normalized spacial score (nSPS) is 10.7. The third-order valence-electron chi connectivity index (χ3n) is 2.58. The quantitative estimate of drug-likeness (QED) is 0.764. The van der Waals surface area contributed by atoms with E-state index < -0.39 is 0 Å². The van der Waals surface area contributed by atoms with Crippen molar-refractivity contribution < 1.29 is 4.74 Å². The molecule has 102 valence electrons. The third-order valence-corrected chi connectivity index (χ3v) is 2.58.